The number of amides is 1. The molecular formula is C20H15F2N3O2. The van der Waals surface area contributed by atoms with E-state index in [-0.39, 0.29) is 23.9 Å². The van der Waals surface area contributed by atoms with Gasteiger partial charge in [0.1, 0.15) is 17.5 Å². The van der Waals surface area contributed by atoms with Crippen molar-refractivity contribution in [1.82, 2.24) is 9.78 Å². The van der Waals surface area contributed by atoms with Crippen LogP contribution in [0.15, 0.2) is 48.5 Å². The fourth-order valence-corrected chi connectivity index (χ4v) is 3.36. The second kappa shape index (κ2) is 6.42. The molecule has 5 nitrogen and oxygen atoms in total. The van der Waals surface area contributed by atoms with Gasteiger partial charge in [0.05, 0.1) is 17.3 Å². The number of aromatic nitrogens is 2. The van der Waals surface area contributed by atoms with E-state index in [4.69, 9.17) is 0 Å². The summed E-state index contributed by atoms with van der Waals surface area (Å²) in [4.78, 5) is 25.2. The molecule has 7 heteroatoms. The molecule has 0 saturated carbocycles. The molecule has 0 fully saturated rings. The van der Waals surface area contributed by atoms with Crippen LogP contribution in [-0.2, 0) is 4.79 Å². The number of nitrogens with zero attached hydrogens (tertiary/aromatic N) is 2. The first-order valence-corrected chi connectivity index (χ1v) is 8.39. The molecule has 1 atom stereocenters. The molecule has 0 bridgehead atoms. The predicted octanol–water partition coefficient (Wildman–Crippen LogP) is 3.77. The standard InChI is InChI=1S/C20H15F2N3O2/c1-11-18-16(19(27)12-2-4-13(21)5-3-12)10-17(26)23-20(18)25(24-11)15-8-6-14(22)7-9-15/h2-9,16H,10H2,1H3,(H,23,26). The lowest BCUT2D eigenvalue weighted by atomic mass is 9.85. The van der Waals surface area contributed by atoms with Crippen molar-refractivity contribution in [2.24, 2.45) is 0 Å². The molecule has 1 aromatic heterocycles. The lowest BCUT2D eigenvalue weighted by Crippen LogP contribution is -2.28. The van der Waals surface area contributed by atoms with E-state index in [1.807, 2.05) is 0 Å². The van der Waals surface area contributed by atoms with Gasteiger partial charge in [0.15, 0.2) is 5.78 Å². The highest BCUT2D eigenvalue weighted by molar-refractivity contribution is 6.07. The minimum atomic E-state index is -0.714. The van der Waals surface area contributed by atoms with Crippen molar-refractivity contribution in [3.05, 3.63) is 77.0 Å². The summed E-state index contributed by atoms with van der Waals surface area (Å²) in [6, 6.07) is 10.9. The molecular weight excluding hydrogens is 352 g/mol. The maximum absolute atomic E-state index is 13.2. The first kappa shape index (κ1) is 17.1. The molecule has 136 valence electrons. The van der Waals surface area contributed by atoms with Gasteiger partial charge >= 0.3 is 0 Å². The predicted molar refractivity (Wildman–Crippen MR) is 95.0 cm³/mol. The zero-order chi connectivity index (χ0) is 19.1. The number of Topliss-reactive ketones (excluding diaryl/α,β-unsaturated/α-hetero) is 1. The second-order valence-corrected chi connectivity index (χ2v) is 6.41. The molecule has 0 saturated heterocycles. The van der Waals surface area contributed by atoms with E-state index >= 15 is 0 Å². The molecule has 3 aromatic rings. The van der Waals surface area contributed by atoms with Crippen LogP contribution in [0.25, 0.3) is 5.69 Å². The monoisotopic (exact) mass is 367 g/mol. The average Bonchev–Trinajstić information content (AvgIpc) is 2.98. The summed E-state index contributed by atoms with van der Waals surface area (Å²) in [5.74, 6) is -1.72. The van der Waals surface area contributed by atoms with E-state index in [2.05, 4.69) is 10.4 Å². The number of carbonyl (C=O) groups excluding carboxylic acids is 2. The molecule has 27 heavy (non-hydrogen) atoms. The number of hydrogen-bond donors (Lipinski definition) is 1. The SMILES string of the molecule is Cc1nn(-c2ccc(F)cc2)c2c1C(C(=O)c1ccc(F)cc1)CC(=O)N2. The summed E-state index contributed by atoms with van der Waals surface area (Å²) in [7, 11) is 0. The number of anilines is 1. The van der Waals surface area contributed by atoms with Gasteiger partial charge in [0, 0.05) is 17.5 Å². The van der Waals surface area contributed by atoms with Crippen molar-refractivity contribution in [2.45, 2.75) is 19.3 Å². The molecule has 2 aromatic carbocycles. The number of rotatable bonds is 3. The van der Waals surface area contributed by atoms with E-state index < -0.39 is 11.7 Å². The average molecular weight is 367 g/mol. The van der Waals surface area contributed by atoms with Crippen LogP contribution < -0.4 is 5.32 Å². The number of nitrogens with one attached hydrogen (secondary N) is 1. The summed E-state index contributed by atoms with van der Waals surface area (Å²) >= 11 is 0. The molecule has 0 aliphatic carbocycles. The van der Waals surface area contributed by atoms with E-state index in [1.165, 1.54) is 41.1 Å². The van der Waals surface area contributed by atoms with Gasteiger partial charge < -0.3 is 5.32 Å². The zero-order valence-corrected chi connectivity index (χ0v) is 14.4. The molecule has 2 heterocycles. The number of carbonyl (C=O) groups is 2. The molecule has 4 rings (SSSR count). The van der Waals surface area contributed by atoms with Gasteiger partial charge in [-0.2, -0.15) is 5.10 Å². The third-order valence-electron chi connectivity index (χ3n) is 4.62. The number of hydrogen-bond acceptors (Lipinski definition) is 3. The van der Waals surface area contributed by atoms with Crippen molar-refractivity contribution in [3.63, 3.8) is 0 Å². The maximum Gasteiger partial charge on any atom is 0.226 e. The molecule has 0 radical (unpaired) electrons. The van der Waals surface area contributed by atoms with Crippen LogP contribution in [0.1, 0.15) is 34.0 Å². The van der Waals surface area contributed by atoms with Crippen molar-refractivity contribution in [2.75, 3.05) is 5.32 Å². The number of benzene rings is 2. The van der Waals surface area contributed by atoms with Gasteiger partial charge in [-0.1, -0.05) is 0 Å². The first-order valence-electron chi connectivity index (χ1n) is 8.39. The molecule has 1 unspecified atom stereocenters. The highest BCUT2D eigenvalue weighted by atomic mass is 19.1. The first-order chi connectivity index (χ1) is 12.9. The maximum atomic E-state index is 13.2. The summed E-state index contributed by atoms with van der Waals surface area (Å²) in [5, 5.41) is 7.20. The fraction of sp³-hybridized carbons (Fsp3) is 0.150. The molecule has 1 aliphatic heterocycles. The lowest BCUT2D eigenvalue weighted by Gasteiger charge is -2.23. The molecule has 0 spiro atoms. The van der Waals surface area contributed by atoms with Crippen LogP contribution in [0.5, 0.6) is 0 Å². The summed E-state index contributed by atoms with van der Waals surface area (Å²) in [5.41, 5.74) is 2.11. The van der Waals surface area contributed by atoms with Crippen LogP contribution in [0.2, 0.25) is 0 Å². The molecule has 1 amide bonds. The summed E-state index contributed by atoms with van der Waals surface area (Å²) in [6.45, 7) is 1.75. The van der Waals surface area contributed by atoms with E-state index in [0.717, 1.165) is 0 Å². The minimum absolute atomic E-state index is 0.0147. The Hall–Kier alpha value is -3.35. The van der Waals surface area contributed by atoms with Crippen molar-refractivity contribution in [3.8, 4) is 5.69 Å². The Bertz CT molecular complexity index is 1040. The third kappa shape index (κ3) is 3.01. The van der Waals surface area contributed by atoms with Crippen molar-refractivity contribution >= 4 is 17.5 Å². The lowest BCUT2D eigenvalue weighted by molar-refractivity contribution is -0.116. The van der Waals surface area contributed by atoms with Crippen LogP contribution in [0, 0.1) is 18.6 Å². The number of fused-ring (bicyclic) bond motifs is 1. The van der Waals surface area contributed by atoms with E-state index in [9.17, 15) is 18.4 Å². The van der Waals surface area contributed by atoms with Gasteiger partial charge in [0.2, 0.25) is 5.91 Å². The van der Waals surface area contributed by atoms with Crippen molar-refractivity contribution < 1.29 is 18.4 Å². The Morgan fingerprint density at radius 1 is 1.07 bits per heavy atom. The van der Waals surface area contributed by atoms with Gasteiger partial charge in [-0.05, 0) is 55.5 Å². The zero-order valence-electron chi connectivity index (χ0n) is 14.4. The summed E-state index contributed by atoms with van der Waals surface area (Å²) in [6.07, 6.45) is -0.0147. The van der Waals surface area contributed by atoms with Crippen LogP contribution in [0.4, 0.5) is 14.6 Å². The molecule has 1 aliphatic rings. The highest BCUT2D eigenvalue weighted by Gasteiger charge is 2.36. The third-order valence-corrected chi connectivity index (χ3v) is 4.62. The van der Waals surface area contributed by atoms with Gasteiger partial charge in [-0.3, -0.25) is 9.59 Å². The quantitative estimate of drug-likeness (QED) is 0.717. The Kier molecular flexibility index (Phi) is 4.07. The molecule has 1 N–H and O–H groups in total. The van der Waals surface area contributed by atoms with E-state index in [0.29, 0.717) is 28.3 Å². The normalized spacial score (nSPS) is 16.0. The fourth-order valence-electron chi connectivity index (χ4n) is 3.36. The van der Waals surface area contributed by atoms with Gasteiger partial charge in [0.25, 0.3) is 0 Å². The minimum Gasteiger partial charge on any atom is -0.310 e. The highest BCUT2D eigenvalue weighted by Crippen LogP contribution is 2.38. The number of aryl methyl sites for hydroxylation is 1. The Morgan fingerprint density at radius 2 is 1.67 bits per heavy atom. The smallest absolute Gasteiger partial charge is 0.226 e. The Balaban J connectivity index is 1.80. The van der Waals surface area contributed by atoms with Crippen LogP contribution >= 0.6 is 0 Å². The Labute approximate surface area is 153 Å². The van der Waals surface area contributed by atoms with Crippen LogP contribution in [-0.4, -0.2) is 21.5 Å². The Morgan fingerprint density at radius 3 is 2.30 bits per heavy atom. The van der Waals surface area contributed by atoms with E-state index in [1.54, 1.807) is 19.1 Å². The second-order valence-electron chi connectivity index (χ2n) is 6.41. The van der Waals surface area contributed by atoms with Crippen LogP contribution in [0.3, 0.4) is 0 Å². The topological polar surface area (TPSA) is 64.0 Å². The van der Waals surface area contributed by atoms with Gasteiger partial charge in [-0.15, -0.1) is 0 Å². The largest absolute Gasteiger partial charge is 0.310 e. The van der Waals surface area contributed by atoms with Gasteiger partial charge in [-0.25, -0.2) is 13.5 Å². The number of halogens is 2. The number of ketones is 1. The van der Waals surface area contributed by atoms with Crippen molar-refractivity contribution in [1.29, 1.82) is 0 Å². The summed E-state index contributed by atoms with van der Waals surface area (Å²) < 4.78 is 27.9.